The number of rotatable bonds is 6. The molecule has 0 aliphatic carbocycles. The summed E-state index contributed by atoms with van der Waals surface area (Å²) >= 11 is 0. The number of hydrogen-bond acceptors (Lipinski definition) is 4. The Bertz CT molecular complexity index is 1090. The standard InChI is InChI=1S/C19H21N7O/c1-3-10-25-11-9-20-18(25)16-15(14-7-5-4-6-8-14)21-12-26(16)13(2)17-22-19(27)24-23-17/h4-9,11-13H,3,10H2,1-2H3,(H2,22,23,24,27). The summed E-state index contributed by atoms with van der Waals surface area (Å²) in [6, 6.07) is 9.82. The summed E-state index contributed by atoms with van der Waals surface area (Å²) in [5.74, 6) is 1.39. The Morgan fingerprint density at radius 3 is 2.70 bits per heavy atom. The molecule has 0 spiro atoms. The van der Waals surface area contributed by atoms with Crippen molar-refractivity contribution in [2.75, 3.05) is 0 Å². The monoisotopic (exact) mass is 363 g/mol. The minimum atomic E-state index is -0.325. The molecule has 0 saturated heterocycles. The molecule has 1 aromatic carbocycles. The number of hydrogen-bond donors (Lipinski definition) is 2. The first kappa shape index (κ1) is 17.0. The molecule has 4 rings (SSSR count). The van der Waals surface area contributed by atoms with Crippen LogP contribution in [-0.2, 0) is 6.54 Å². The first-order chi connectivity index (χ1) is 13.2. The van der Waals surface area contributed by atoms with Gasteiger partial charge >= 0.3 is 5.69 Å². The average Bonchev–Trinajstić information content (AvgIpc) is 3.41. The van der Waals surface area contributed by atoms with Crippen molar-refractivity contribution in [1.82, 2.24) is 34.3 Å². The second-order valence-corrected chi connectivity index (χ2v) is 6.40. The highest BCUT2D eigenvalue weighted by atomic mass is 16.1. The van der Waals surface area contributed by atoms with Gasteiger partial charge < -0.3 is 9.13 Å². The van der Waals surface area contributed by atoms with E-state index in [2.05, 4.69) is 36.6 Å². The van der Waals surface area contributed by atoms with Gasteiger partial charge in [0.25, 0.3) is 0 Å². The highest BCUT2D eigenvalue weighted by molar-refractivity contribution is 5.75. The minimum Gasteiger partial charge on any atom is -0.330 e. The molecule has 1 atom stereocenters. The highest BCUT2D eigenvalue weighted by Crippen LogP contribution is 2.33. The van der Waals surface area contributed by atoms with Crippen molar-refractivity contribution >= 4 is 0 Å². The molecule has 8 heteroatoms. The number of benzene rings is 1. The van der Waals surface area contributed by atoms with Gasteiger partial charge in [-0.15, -0.1) is 0 Å². The van der Waals surface area contributed by atoms with Crippen LogP contribution in [0.25, 0.3) is 22.8 Å². The van der Waals surface area contributed by atoms with Crippen LogP contribution < -0.4 is 5.69 Å². The van der Waals surface area contributed by atoms with Crippen molar-refractivity contribution in [2.45, 2.75) is 32.9 Å². The lowest BCUT2D eigenvalue weighted by atomic mass is 10.1. The molecule has 0 amide bonds. The van der Waals surface area contributed by atoms with E-state index in [0.29, 0.717) is 5.82 Å². The van der Waals surface area contributed by atoms with Crippen LogP contribution in [-0.4, -0.2) is 34.3 Å². The van der Waals surface area contributed by atoms with Gasteiger partial charge in [-0.25, -0.2) is 19.9 Å². The van der Waals surface area contributed by atoms with E-state index >= 15 is 0 Å². The lowest BCUT2D eigenvalue weighted by Gasteiger charge is -2.16. The number of aromatic nitrogens is 7. The molecule has 0 radical (unpaired) electrons. The van der Waals surface area contributed by atoms with Crippen LogP contribution in [0.3, 0.4) is 0 Å². The van der Waals surface area contributed by atoms with Gasteiger partial charge in [0.05, 0.1) is 18.1 Å². The van der Waals surface area contributed by atoms with E-state index in [1.54, 1.807) is 12.5 Å². The summed E-state index contributed by atoms with van der Waals surface area (Å²) in [4.78, 5) is 23.5. The van der Waals surface area contributed by atoms with E-state index in [9.17, 15) is 4.79 Å². The van der Waals surface area contributed by atoms with Crippen LogP contribution >= 0.6 is 0 Å². The fourth-order valence-corrected chi connectivity index (χ4v) is 3.24. The summed E-state index contributed by atoms with van der Waals surface area (Å²) in [6.45, 7) is 4.97. The molecule has 8 nitrogen and oxygen atoms in total. The van der Waals surface area contributed by atoms with Gasteiger partial charge in [-0.05, 0) is 13.3 Å². The SMILES string of the molecule is CCCn1ccnc1-c1c(-c2ccccc2)ncn1C(C)c1n[nH]c(=O)[nH]1. The Morgan fingerprint density at radius 2 is 2.00 bits per heavy atom. The van der Waals surface area contributed by atoms with Crippen molar-refractivity contribution in [3.05, 3.63) is 65.4 Å². The van der Waals surface area contributed by atoms with E-state index in [1.807, 2.05) is 48.0 Å². The third-order valence-corrected chi connectivity index (χ3v) is 4.57. The molecular formula is C19H21N7O. The molecule has 1 unspecified atom stereocenters. The molecule has 0 fully saturated rings. The highest BCUT2D eigenvalue weighted by Gasteiger charge is 2.23. The van der Waals surface area contributed by atoms with Crippen LogP contribution in [0.4, 0.5) is 0 Å². The zero-order valence-electron chi connectivity index (χ0n) is 15.3. The first-order valence-corrected chi connectivity index (χ1v) is 8.97. The largest absolute Gasteiger partial charge is 0.340 e. The Hall–Kier alpha value is -3.42. The van der Waals surface area contributed by atoms with Gasteiger partial charge in [0.2, 0.25) is 0 Å². The Balaban J connectivity index is 1.91. The number of imidazole rings is 2. The summed E-state index contributed by atoms with van der Waals surface area (Å²) in [5, 5.41) is 6.51. The van der Waals surface area contributed by atoms with Gasteiger partial charge in [0.1, 0.15) is 5.69 Å². The molecular weight excluding hydrogens is 342 g/mol. The summed E-state index contributed by atoms with van der Waals surface area (Å²) in [5.41, 5.74) is 2.44. The van der Waals surface area contributed by atoms with Crippen molar-refractivity contribution in [3.63, 3.8) is 0 Å². The number of nitrogens with one attached hydrogen (secondary N) is 2. The third-order valence-electron chi connectivity index (χ3n) is 4.57. The zero-order chi connectivity index (χ0) is 18.8. The number of H-pyrrole nitrogens is 2. The number of aryl methyl sites for hydroxylation is 1. The third kappa shape index (κ3) is 3.10. The molecule has 0 aliphatic heterocycles. The van der Waals surface area contributed by atoms with E-state index < -0.39 is 0 Å². The molecule has 0 aliphatic rings. The summed E-state index contributed by atoms with van der Waals surface area (Å²) in [7, 11) is 0. The summed E-state index contributed by atoms with van der Waals surface area (Å²) in [6.07, 6.45) is 6.56. The fourth-order valence-electron chi connectivity index (χ4n) is 3.24. The van der Waals surface area contributed by atoms with Crippen LogP contribution in [0.5, 0.6) is 0 Å². The molecule has 138 valence electrons. The van der Waals surface area contributed by atoms with E-state index in [4.69, 9.17) is 0 Å². The van der Waals surface area contributed by atoms with Crippen molar-refractivity contribution in [3.8, 4) is 22.8 Å². The zero-order valence-corrected chi connectivity index (χ0v) is 15.3. The minimum absolute atomic E-state index is 0.212. The van der Waals surface area contributed by atoms with Crippen LogP contribution in [0.1, 0.15) is 32.1 Å². The van der Waals surface area contributed by atoms with Crippen molar-refractivity contribution < 1.29 is 0 Å². The van der Waals surface area contributed by atoms with Gasteiger partial charge in [-0.2, -0.15) is 5.10 Å². The van der Waals surface area contributed by atoms with E-state index in [1.165, 1.54) is 0 Å². The Kier molecular flexibility index (Phi) is 4.45. The normalized spacial score (nSPS) is 12.4. The number of aromatic amines is 2. The fraction of sp³-hybridized carbons (Fsp3) is 0.263. The maximum atomic E-state index is 11.5. The lowest BCUT2D eigenvalue weighted by molar-refractivity contribution is 0.599. The van der Waals surface area contributed by atoms with Gasteiger partial charge in [-0.1, -0.05) is 37.3 Å². The van der Waals surface area contributed by atoms with Crippen molar-refractivity contribution in [1.29, 1.82) is 0 Å². The van der Waals surface area contributed by atoms with Crippen LogP contribution in [0.15, 0.2) is 53.8 Å². The maximum Gasteiger partial charge on any atom is 0.340 e. The number of nitrogens with zero attached hydrogens (tertiary/aromatic N) is 5. The predicted molar refractivity (Wildman–Crippen MR) is 102 cm³/mol. The predicted octanol–water partition coefficient (Wildman–Crippen LogP) is 2.84. The smallest absolute Gasteiger partial charge is 0.330 e. The van der Waals surface area contributed by atoms with Crippen LogP contribution in [0.2, 0.25) is 0 Å². The van der Waals surface area contributed by atoms with E-state index in [-0.39, 0.29) is 11.7 Å². The first-order valence-electron chi connectivity index (χ1n) is 8.97. The topological polar surface area (TPSA) is 97.2 Å². The second-order valence-electron chi connectivity index (χ2n) is 6.40. The Morgan fingerprint density at radius 1 is 1.19 bits per heavy atom. The van der Waals surface area contributed by atoms with Gasteiger partial charge in [0.15, 0.2) is 11.6 Å². The molecule has 27 heavy (non-hydrogen) atoms. The lowest BCUT2D eigenvalue weighted by Crippen LogP contribution is -2.12. The second kappa shape index (κ2) is 7.06. The molecule has 0 saturated carbocycles. The molecule has 2 N–H and O–H groups in total. The van der Waals surface area contributed by atoms with E-state index in [0.717, 1.165) is 35.7 Å². The van der Waals surface area contributed by atoms with Gasteiger partial charge in [0, 0.05) is 24.5 Å². The summed E-state index contributed by atoms with van der Waals surface area (Å²) < 4.78 is 4.13. The Labute approximate surface area is 155 Å². The van der Waals surface area contributed by atoms with Crippen LogP contribution in [0, 0.1) is 0 Å². The molecule has 0 bridgehead atoms. The molecule has 4 aromatic rings. The quantitative estimate of drug-likeness (QED) is 0.550. The van der Waals surface area contributed by atoms with Gasteiger partial charge in [-0.3, -0.25) is 4.98 Å². The average molecular weight is 363 g/mol. The molecule has 3 aromatic heterocycles. The van der Waals surface area contributed by atoms with Crippen molar-refractivity contribution in [2.24, 2.45) is 0 Å². The molecule has 3 heterocycles. The maximum absolute atomic E-state index is 11.5.